The van der Waals surface area contributed by atoms with Crippen molar-refractivity contribution in [3.05, 3.63) is 6.20 Å². The molecule has 0 bridgehead atoms. The van der Waals surface area contributed by atoms with Gasteiger partial charge >= 0.3 is 12.2 Å². The number of carbonyl (C=O) groups excluding carboxylic acids is 3. The molecule has 1 aromatic rings. The van der Waals surface area contributed by atoms with Crippen molar-refractivity contribution in [2.24, 2.45) is 0 Å². The first-order valence-corrected chi connectivity index (χ1v) is 14.3. The van der Waals surface area contributed by atoms with Crippen molar-refractivity contribution in [1.29, 1.82) is 0 Å². The average molecular weight is 514 g/mol. The van der Waals surface area contributed by atoms with Crippen LogP contribution in [0.3, 0.4) is 0 Å². The molecular weight excluding hydrogens is 478 g/mol. The number of anilines is 2. The molecular formula is C22H35N5O7S. The Bertz CT molecular complexity index is 947. The quantitative estimate of drug-likeness (QED) is 0.493. The summed E-state index contributed by atoms with van der Waals surface area (Å²) in [6, 6.07) is 0. The minimum absolute atomic E-state index is 0.0201. The molecule has 3 amide bonds. The van der Waals surface area contributed by atoms with Gasteiger partial charge < -0.3 is 24.3 Å². The van der Waals surface area contributed by atoms with Crippen molar-refractivity contribution in [3.63, 3.8) is 0 Å². The normalized spacial score (nSPS) is 18.6. The molecule has 13 heteroatoms. The number of rotatable bonds is 9. The van der Waals surface area contributed by atoms with E-state index in [2.05, 4.69) is 34.1 Å². The SMILES string of the molecule is CC(C)(C)OC(=O)NCCC1CN(c2cnc3c(n2)N(COCCS(C)(C)C)C(=O)CO3)C(=O)O1. The van der Waals surface area contributed by atoms with E-state index in [9.17, 15) is 14.4 Å². The van der Waals surface area contributed by atoms with Crippen LogP contribution in [0.15, 0.2) is 6.20 Å². The van der Waals surface area contributed by atoms with Crippen LogP contribution >= 0.6 is 10.0 Å². The van der Waals surface area contributed by atoms with E-state index in [0.29, 0.717) is 13.0 Å². The van der Waals surface area contributed by atoms with Crippen LogP contribution in [-0.4, -0.2) is 97.3 Å². The number of alkyl carbamates (subject to hydrolysis) is 1. The first-order chi connectivity index (χ1) is 16.3. The number of cyclic esters (lactones) is 1. The Morgan fingerprint density at radius 2 is 2.03 bits per heavy atom. The molecule has 1 saturated heterocycles. The Kier molecular flexibility index (Phi) is 8.31. The smallest absolute Gasteiger partial charge is 0.415 e. The summed E-state index contributed by atoms with van der Waals surface area (Å²) in [7, 11) is -0.719. The van der Waals surface area contributed by atoms with Crippen LogP contribution < -0.4 is 19.9 Å². The molecule has 1 fully saturated rings. The maximum Gasteiger partial charge on any atom is 0.415 e. The Labute approximate surface area is 206 Å². The average Bonchev–Trinajstić information content (AvgIpc) is 3.10. The van der Waals surface area contributed by atoms with E-state index in [1.807, 2.05) is 0 Å². The van der Waals surface area contributed by atoms with Crippen LogP contribution in [-0.2, 0) is 19.0 Å². The molecule has 2 aliphatic rings. The number of hydrogen-bond acceptors (Lipinski definition) is 9. The first-order valence-electron chi connectivity index (χ1n) is 11.3. The summed E-state index contributed by atoms with van der Waals surface area (Å²) < 4.78 is 21.7. The highest BCUT2D eigenvalue weighted by Gasteiger charge is 2.35. The number of nitrogens with zero attached hydrogens (tertiary/aromatic N) is 4. The van der Waals surface area contributed by atoms with Gasteiger partial charge in [0.15, 0.2) is 12.4 Å². The number of amides is 3. The molecule has 2 aliphatic heterocycles. The zero-order valence-electron chi connectivity index (χ0n) is 21.2. The highest BCUT2D eigenvalue weighted by molar-refractivity contribution is 8.32. The van der Waals surface area contributed by atoms with Crippen molar-refractivity contribution in [2.75, 3.05) is 67.4 Å². The third-order valence-corrected chi connectivity index (χ3v) is 6.34. The van der Waals surface area contributed by atoms with Gasteiger partial charge in [-0.2, -0.15) is 0 Å². The molecule has 0 aliphatic carbocycles. The molecule has 0 radical (unpaired) electrons. The molecule has 1 N–H and O–H groups in total. The minimum atomic E-state index is -0.719. The maximum absolute atomic E-state index is 12.5. The molecule has 1 atom stereocenters. The van der Waals surface area contributed by atoms with E-state index < -0.39 is 33.9 Å². The molecule has 0 saturated carbocycles. The summed E-state index contributed by atoms with van der Waals surface area (Å²) in [4.78, 5) is 48.2. The number of hydrogen-bond donors (Lipinski definition) is 1. The zero-order chi connectivity index (χ0) is 25.8. The van der Waals surface area contributed by atoms with Crippen molar-refractivity contribution in [2.45, 2.75) is 38.9 Å². The molecule has 1 aromatic heterocycles. The molecule has 0 aromatic carbocycles. The van der Waals surface area contributed by atoms with Gasteiger partial charge in [0.25, 0.3) is 11.8 Å². The van der Waals surface area contributed by atoms with Gasteiger partial charge in [-0.15, -0.1) is 0 Å². The second-order valence-corrected chi connectivity index (χ2v) is 14.7. The fourth-order valence-corrected chi connectivity index (χ4v) is 3.82. The lowest BCUT2D eigenvalue weighted by atomic mass is 10.2. The monoisotopic (exact) mass is 513 g/mol. The Morgan fingerprint density at radius 1 is 1.29 bits per heavy atom. The molecule has 196 valence electrons. The summed E-state index contributed by atoms with van der Waals surface area (Å²) in [5, 5.41) is 2.65. The Balaban J connectivity index is 1.60. The van der Waals surface area contributed by atoms with Gasteiger partial charge in [0, 0.05) is 18.7 Å². The minimum Gasteiger partial charge on any atom is -0.465 e. The Morgan fingerprint density at radius 3 is 2.71 bits per heavy atom. The second kappa shape index (κ2) is 10.9. The number of fused-ring (bicyclic) bond motifs is 1. The van der Waals surface area contributed by atoms with Gasteiger partial charge in [-0.3, -0.25) is 14.6 Å². The van der Waals surface area contributed by atoms with Gasteiger partial charge in [0.05, 0.1) is 19.3 Å². The van der Waals surface area contributed by atoms with Crippen LogP contribution in [0.2, 0.25) is 0 Å². The lowest BCUT2D eigenvalue weighted by molar-refractivity contribution is -0.122. The number of nitrogens with one attached hydrogen (secondary N) is 1. The van der Waals surface area contributed by atoms with Crippen molar-refractivity contribution >= 4 is 39.8 Å². The summed E-state index contributed by atoms with van der Waals surface area (Å²) in [5.74, 6) is 1.24. The second-order valence-electron chi connectivity index (χ2n) is 10.1. The first kappa shape index (κ1) is 26.8. The summed E-state index contributed by atoms with van der Waals surface area (Å²) in [5.41, 5.74) is -0.594. The molecule has 12 nitrogen and oxygen atoms in total. The van der Waals surface area contributed by atoms with E-state index >= 15 is 0 Å². The van der Waals surface area contributed by atoms with Crippen LogP contribution in [0.5, 0.6) is 5.88 Å². The lowest BCUT2D eigenvalue weighted by Crippen LogP contribution is -2.42. The van der Waals surface area contributed by atoms with Crippen LogP contribution in [0.4, 0.5) is 21.2 Å². The third-order valence-electron chi connectivity index (χ3n) is 4.94. The van der Waals surface area contributed by atoms with Crippen LogP contribution in [0.25, 0.3) is 0 Å². The highest BCUT2D eigenvalue weighted by Crippen LogP contribution is 2.34. The predicted molar refractivity (Wildman–Crippen MR) is 133 cm³/mol. The summed E-state index contributed by atoms with van der Waals surface area (Å²) >= 11 is 0. The molecule has 3 rings (SSSR count). The fraction of sp³-hybridized carbons (Fsp3) is 0.682. The van der Waals surface area contributed by atoms with Gasteiger partial charge in [0.1, 0.15) is 18.4 Å². The largest absolute Gasteiger partial charge is 0.465 e. The Hall–Kier alpha value is -2.80. The van der Waals surface area contributed by atoms with Crippen molar-refractivity contribution in [3.8, 4) is 5.88 Å². The van der Waals surface area contributed by atoms with Crippen LogP contribution in [0.1, 0.15) is 27.2 Å². The van der Waals surface area contributed by atoms with Crippen molar-refractivity contribution in [1.82, 2.24) is 15.3 Å². The highest BCUT2D eigenvalue weighted by atomic mass is 32.3. The van der Waals surface area contributed by atoms with Crippen LogP contribution in [0, 0.1) is 0 Å². The molecule has 3 heterocycles. The number of carbonyl (C=O) groups is 3. The van der Waals surface area contributed by atoms with E-state index in [0.717, 1.165) is 5.75 Å². The predicted octanol–water partition coefficient (Wildman–Crippen LogP) is 2.11. The number of aromatic nitrogens is 2. The summed E-state index contributed by atoms with van der Waals surface area (Å²) in [6.07, 6.45) is 6.82. The van der Waals surface area contributed by atoms with E-state index in [1.165, 1.54) is 16.0 Å². The number of ether oxygens (including phenoxy) is 4. The van der Waals surface area contributed by atoms with E-state index in [1.54, 1.807) is 20.8 Å². The fourth-order valence-electron chi connectivity index (χ4n) is 3.20. The summed E-state index contributed by atoms with van der Waals surface area (Å²) in [6.45, 7) is 6.22. The van der Waals surface area contributed by atoms with Crippen molar-refractivity contribution < 1.29 is 33.3 Å². The molecule has 35 heavy (non-hydrogen) atoms. The molecule has 1 unspecified atom stereocenters. The van der Waals surface area contributed by atoms with E-state index in [4.69, 9.17) is 18.9 Å². The standard InChI is InChI=1S/C22H35N5O7S/c1-22(2,3)34-20(29)23-8-7-15-12-26(21(30)33-15)16-11-24-19-18(25-16)27(17(28)13-32-19)14-31-9-10-35(4,5)6/h11,15H,7-10,12-14H2,1-6H3,(H,23,29). The van der Waals surface area contributed by atoms with Gasteiger partial charge in [-0.05, 0) is 39.5 Å². The van der Waals surface area contributed by atoms with Gasteiger partial charge in [-0.1, -0.05) is 0 Å². The lowest BCUT2D eigenvalue weighted by Gasteiger charge is -2.29. The van der Waals surface area contributed by atoms with Gasteiger partial charge in [0.2, 0.25) is 5.82 Å². The third kappa shape index (κ3) is 7.85. The topological polar surface area (TPSA) is 132 Å². The van der Waals surface area contributed by atoms with Gasteiger partial charge in [-0.25, -0.2) is 29.6 Å². The zero-order valence-corrected chi connectivity index (χ0v) is 22.0. The van der Waals surface area contributed by atoms with E-state index in [-0.39, 0.29) is 49.9 Å². The maximum atomic E-state index is 12.5. The molecule has 0 spiro atoms.